The highest BCUT2D eigenvalue weighted by molar-refractivity contribution is 5.55. The second kappa shape index (κ2) is 9.79. The molecular formula is C25H22N2. The van der Waals surface area contributed by atoms with Crippen LogP contribution in [0.15, 0.2) is 97.1 Å². The Bertz CT molecular complexity index is 866. The molecule has 0 aliphatic rings. The molecule has 0 radical (unpaired) electrons. The van der Waals surface area contributed by atoms with E-state index in [0.717, 1.165) is 18.8 Å². The molecule has 3 rings (SSSR count). The first-order valence-corrected chi connectivity index (χ1v) is 9.03. The monoisotopic (exact) mass is 350 g/mol. The molecule has 0 aromatic heterocycles. The third-order valence-electron chi connectivity index (χ3n) is 4.23. The first kappa shape index (κ1) is 18.2. The highest BCUT2D eigenvalue weighted by Gasteiger charge is 2.03. The number of hydrogen-bond acceptors (Lipinski definition) is 2. The Kier molecular flexibility index (Phi) is 6.61. The third-order valence-corrected chi connectivity index (χ3v) is 4.23. The summed E-state index contributed by atoms with van der Waals surface area (Å²) in [6.07, 6.45) is 8.61. The van der Waals surface area contributed by atoms with Gasteiger partial charge in [0.25, 0.3) is 0 Å². The van der Waals surface area contributed by atoms with Crippen LogP contribution in [0.5, 0.6) is 0 Å². The minimum absolute atomic E-state index is 0.679. The smallest absolute Gasteiger partial charge is 0.0991 e. The zero-order valence-electron chi connectivity index (χ0n) is 15.2. The molecule has 0 heterocycles. The fourth-order valence-corrected chi connectivity index (χ4v) is 2.79. The molecule has 3 aromatic carbocycles. The summed E-state index contributed by atoms with van der Waals surface area (Å²) in [6, 6.07) is 30.5. The normalized spacial score (nSPS) is 10.9. The van der Waals surface area contributed by atoms with Crippen molar-refractivity contribution in [1.29, 1.82) is 5.26 Å². The summed E-state index contributed by atoms with van der Waals surface area (Å²) in [6.45, 7) is 1.58. The van der Waals surface area contributed by atoms with Gasteiger partial charge in [-0.1, -0.05) is 85.0 Å². The third kappa shape index (κ3) is 5.73. The van der Waals surface area contributed by atoms with E-state index in [1.807, 2.05) is 60.7 Å². The first-order chi connectivity index (χ1) is 13.3. The summed E-state index contributed by atoms with van der Waals surface area (Å²) in [5, 5.41) is 9.02. The topological polar surface area (TPSA) is 27.0 Å². The van der Waals surface area contributed by atoms with Gasteiger partial charge in [-0.05, 0) is 35.4 Å². The number of hydrogen-bond donors (Lipinski definition) is 0. The van der Waals surface area contributed by atoms with Crippen molar-refractivity contribution in [1.82, 2.24) is 0 Å². The molecule has 2 nitrogen and oxygen atoms in total. The lowest BCUT2D eigenvalue weighted by Crippen LogP contribution is -2.23. The molecule has 3 aromatic rings. The van der Waals surface area contributed by atoms with Crippen LogP contribution in [0, 0.1) is 11.3 Å². The van der Waals surface area contributed by atoms with E-state index in [-0.39, 0.29) is 0 Å². The van der Waals surface area contributed by atoms with Gasteiger partial charge >= 0.3 is 0 Å². The maximum atomic E-state index is 9.02. The van der Waals surface area contributed by atoms with E-state index < -0.39 is 0 Å². The molecule has 0 bridgehead atoms. The molecule has 0 atom stereocenters. The van der Waals surface area contributed by atoms with Crippen LogP contribution < -0.4 is 4.90 Å². The van der Waals surface area contributed by atoms with Crippen LogP contribution >= 0.6 is 0 Å². The Balaban J connectivity index is 1.72. The molecule has 0 fully saturated rings. The van der Waals surface area contributed by atoms with Crippen LogP contribution in [0.25, 0.3) is 12.2 Å². The number of anilines is 1. The Labute approximate surface area is 161 Å². The van der Waals surface area contributed by atoms with Gasteiger partial charge in [-0.2, -0.15) is 5.26 Å². The maximum absolute atomic E-state index is 9.02. The van der Waals surface area contributed by atoms with Crippen molar-refractivity contribution in [3.8, 4) is 6.07 Å². The van der Waals surface area contributed by atoms with Gasteiger partial charge < -0.3 is 4.90 Å². The molecule has 0 saturated carbocycles. The van der Waals surface area contributed by atoms with Gasteiger partial charge in [-0.15, -0.1) is 0 Å². The molecule has 0 N–H and O–H groups in total. The van der Waals surface area contributed by atoms with Crippen molar-refractivity contribution in [2.75, 3.05) is 18.0 Å². The van der Waals surface area contributed by atoms with Gasteiger partial charge in [0.2, 0.25) is 0 Å². The lowest BCUT2D eigenvalue weighted by Gasteiger charge is -2.22. The largest absolute Gasteiger partial charge is 0.364 e. The quantitative estimate of drug-likeness (QED) is 0.539. The van der Waals surface area contributed by atoms with Gasteiger partial charge in [0.05, 0.1) is 11.6 Å². The predicted octanol–water partition coefficient (Wildman–Crippen LogP) is 5.79. The molecule has 2 heteroatoms. The van der Waals surface area contributed by atoms with E-state index >= 15 is 0 Å². The molecule has 0 spiro atoms. The van der Waals surface area contributed by atoms with Crippen LogP contribution in [-0.2, 0) is 0 Å². The summed E-state index contributed by atoms with van der Waals surface area (Å²) in [4.78, 5) is 2.28. The van der Waals surface area contributed by atoms with Crippen LogP contribution in [-0.4, -0.2) is 13.1 Å². The molecule has 27 heavy (non-hydrogen) atoms. The van der Waals surface area contributed by atoms with Crippen molar-refractivity contribution < 1.29 is 0 Å². The molecule has 0 saturated heterocycles. The fourth-order valence-electron chi connectivity index (χ4n) is 2.79. The van der Waals surface area contributed by atoms with E-state index in [1.54, 1.807) is 0 Å². The summed E-state index contributed by atoms with van der Waals surface area (Å²) in [7, 11) is 0. The Morgan fingerprint density at radius 1 is 0.667 bits per heavy atom. The van der Waals surface area contributed by atoms with Gasteiger partial charge in [0.15, 0.2) is 0 Å². The van der Waals surface area contributed by atoms with Gasteiger partial charge in [0.1, 0.15) is 0 Å². The molecule has 0 aliphatic carbocycles. The van der Waals surface area contributed by atoms with E-state index in [1.165, 1.54) is 11.1 Å². The summed E-state index contributed by atoms with van der Waals surface area (Å²) >= 11 is 0. The van der Waals surface area contributed by atoms with E-state index in [4.69, 9.17) is 5.26 Å². The summed E-state index contributed by atoms with van der Waals surface area (Å²) in [5.41, 5.74) is 4.16. The van der Waals surface area contributed by atoms with Crippen molar-refractivity contribution >= 4 is 17.8 Å². The van der Waals surface area contributed by atoms with Gasteiger partial charge in [0, 0.05) is 18.8 Å². The molecule has 0 aliphatic heterocycles. The molecular weight excluding hydrogens is 328 g/mol. The summed E-state index contributed by atoms with van der Waals surface area (Å²) < 4.78 is 0. The zero-order chi connectivity index (χ0) is 18.7. The lowest BCUT2D eigenvalue weighted by atomic mass is 10.2. The number of rotatable bonds is 7. The average molecular weight is 350 g/mol. The second-order valence-corrected chi connectivity index (χ2v) is 6.19. The van der Waals surface area contributed by atoms with Gasteiger partial charge in [-0.25, -0.2) is 0 Å². The average Bonchev–Trinajstić information content (AvgIpc) is 2.74. The zero-order valence-corrected chi connectivity index (χ0v) is 15.2. The molecule has 132 valence electrons. The number of nitriles is 1. The van der Waals surface area contributed by atoms with Crippen LogP contribution in [0.4, 0.5) is 5.69 Å². The van der Waals surface area contributed by atoms with E-state index in [0.29, 0.717) is 5.56 Å². The van der Waals surface area contributed by atoms with Crippen LogP contribution in [0.2, 0.25) is 0 Å². The standard InChI is InChI=1S/C25H22N2/c26-21-24-15-17-25(18-16-24)27(19-7-13-22-9-3-1-4-10-22)20-8-14-23-11-5-2-6-12-23/h1-18H,19-20H2/b13-7+,14-8+. The second-order valence-electron chi connectivity index (χ2n) is 6.19. The van der Waals surface area contributed by atoms with Gasteiger partial charge in [-0.3, -0.25) is 0 Å². The first-order valence-electron chi connectivity index (χ1n) is 9.03. The van der Waals surface area contributed by atoms with Crippen molar-refractivity contribution in [2.45, 2.75) is 0 Å². The van der Waals surface area contributed by atoms with Crippen LogP contribution in [0.1, 0.15) is 16.7 Å². The lowest BCUT2D eigenvalue weighted by molar-refractivity contribution is 0.958. The SMILES string of the molecule is N#Cc1ccc(N(C/C=C/c2ccccc2)C/C=C/c2ccccc2)cc1. The maximum Gasteiger partial charge on any atom is 0.0991 e. The van der Waals surface area contributed by atoms with E-state index in [9.17, 15) is 0 Å². The highest BCUT2D eigenvalue weighted by Crippen LogP contribution is 2.16. The van der Waals surface area contributed by atoms with Crippen LogP contribution in [0.3, 0.4) is 0 Å². The predicted molar refractivity (Wildman–Crippen MR) is 114 cm³/mol. The molecule has 0 amide bonds. The Morgan fingerprint density at radius 2 is 1.15 bits per heavy atom. The minimum Gasteiger partial charge on any atom is -0.364 e. The number of nitrogens with zero attached hydrogens (tertiary/aromatic N) is 2. The van der Waals surface area contributed by atoms with Crippen molar-refractivity contribution in [3.63, 3.8) is 0 Å². The van der Waals surface area contributed by atoms with E-state index in [2.05, 4.69) is 59.5 Å². The fraction of sp³-hybridized carbons (Fsp3) is 0.0800. The highest BCUT2D eigenvalue weighted by atomic mass is 15.1. The minimum atomic E-state index is 0.679. The Hall–Kier alpha value is -3.57. The Morgan fingerprint density at radius 3 is 1.59 bits per heavy atom. The van der Waals surface area contributed by atoms with Crippen molar-refractivity contribution in [2.24, 2.45) is 0 Å². The van der Waals surface area contributed by atoms with Crippen molar-refractivity contribution in [3.05, 3.63) is 114 Å². The molecule has 0 unspecified atom stereocenters. The number of benzene rings is 3. The summed E-state index contributed by atoms with van der Waals surface area (Å²) in [5.74, 6) is 0.